The molecule has 1 heterocycles. The van der Waals surface area contributed by atoms with Crippen LogP contribution in [0.4, 0.5) is 5.69 Å². The number of anilines is 1. The number of benzene rings is 2. The van der Waals surface area contributed by atoms with Gasteiger partial charge in [0.25, 0.3) is 0 Å². The Bertz CT molecular complexity index is 980. The minimum absolute atomic E-state index is 0.00431. The summed E-state index contributed by atoms with van der Waals surface area (Å²) in [5.41, 5.74) is 3.08. The molecule has 0 saturated carbocycles. The van der Waals surface area contributed by atoms with Crippen LogP contribution in [-0.4, -0.2) is 44.9 Å². The summed E-state index contributed by atoms with van der Waals surface area (Å²) in [6.45, 7) is 1.89. The third-order valence-electron chi connectivity index (χ3n) is 3.84. The highest BCUT2D eigenvalue weighted by Crippen LogP contribution is 2.30. The van der Waals surface area contributed by atoms with Gasteiger partial charge < -0.3 is 9.41 Å². The molecule has 2 aromatic carbocycles. The van der Waals surface area contributed by atoms with Crippen LogP contribution in [0.2, 0.25) is 0 Å². The van der Waals surface area contributed by atoms with Gasteiger partial charge in [-0.1, -0.05) is 23.9 Å². The van der Waals surface area contributed by atoms with Gasteiger partial charge in [0.15, 0.2) is 10.9 Å². The molecule has 0 aliphatic rings. The van der Waals surface area contributed by atoms with Gasteiger partial charge in [-0.2, -0.15) is 0 Å². The number of aliphatic hydroxyl groups is 1. The predicted molar refractivity (Wildman–Crippen MR) is 114 cm³/mol. The van der Waals surface area contributed by atoms with E-state index in [4.69, 9.17) is 0 Å². The molecule has 0 aliphatic heterocycles. The topological polar surface area (TPSA) is 83.4 Å². The Balaban J connectivity index is 1.74. The molecule has 28 heavy (non-hydrogen) atoms. The van der Waals surface area contributed by atoms with Crippen molar-refractivity contribution in [2.45, 2.75) is 11.8 Å². The fraction of sp³-hybridized carbons (Fsp3) is 0.200. The first-order valence-electron chi connectivity index (χ1n) is 8.60. The Morgan fingerprint density at radius 2 is 1.75 bits per heavy atom. The number of Topliss-reactive ketones (excluding diaryl/α,β-unsaturated/α-hetero) is 1. The second-order valence-corrected chi connectivity index (χ2v) is 8.12. The van der Waals surface area contributed by atoms with E-state index < -0.39 is 0 Å². The third-order valence-corrected chi connectivity index (χ3v) is 5.75. The number of hydrogen-bond acceptors (Lipinski definition) is 8. The first-order valence-corrected chi connectivity index (χ1v) is 10.4. The van der Waals surface area contributed by atoms with Gasteiger partial charge in [-0.3, -0.25) is 19.6 Å². The van der Waals surface area contributed by atoms with Crippen molar-refractivity contribution in [2.24, 2.45) is 0 Å². The van der Waals surface area contributed by atoms with E-state index in [1.807, 2.05) is 34.6 Å². The molecule has 3 aromatic rings. The number of ketones is 1. The predicted octanol–water partition coefficient (Wildman–Crippen LogP) is 3.60. The smallest absolute Gasteiger partial charge is 0.186 e. The number of rotatable bonds is 8. The minimum Gasteiger partial charge on any atom is -0.394 e. The summed E-state index contributed by atoms with van der Waals surface area (Å²) < 4.78 is 1.97. The van der Waals surface area contributed by atoms with Crippen molar-refractivity contribution in [2.75, 3.05) is 23.2 Å². The van der Waals surface area contributed by atoms with Crippen LogP contribution in [0.1, 0.15) is 17.3 Å². The zero-order valence-electron chi connectivity index (χ0n) is 15.2. The molecule has 6 nitrogen and oxygen atoms in total. The highest BCUT2D eigenvalue weighted by atomic mass is 32.2. The van der Waals surface area contributed by atoms with Crippen LogP contribution in [0, 0.1) is 0 Å². The van der Waals surface area contributed by atoms with Gasteiger partial charge in [0.2, 0.25) is 0 Å². The second-order valence-electron chi connectivity index (χ2n) is 5.87. The van der Waals surface area contributed by atoms with Crippen LogP contribution in [0.15, 0.2) is 59.8 Å². The number of thioether (sulfide) groups is 1. The molecule has 0 fully saturated rings. The summed E-state index contributed by atoms with van der Waals surface area (Å²) >= 11 is 2.48. The van der Waals surface area contributed by atoms with E-state index in [-0.39, 0.29) is 23.3 Å². The number of aromatic nitrogens is 2. The molecule has 0 bridgehead atoms. The molecule has 1 N–H and O–H groups in total. The number of aliphatic hydroxyl groups excluding tert-OH is 1. The van der Waals surface area contributed by atoms with Crippen LogP contribution in [0.25, 0.3) is 11.0 Å². The van der Waals surface area contributed by atoms with E-state index in [2.05, 4.69) is 9.97 Å². The van der Waals surface area contributed by atoms with E-state index in [1.54, 1.807) is 24.5 Å². The van der Waals surface area contributed by atoms with Crippen LogP contribution < -0.4 is 4.31 Å². The lowest BCUT2D eigenvalue weighted by Crippen LogP contribution is -2.18. The van der Waals surface area contributed by atoms with Gasteiger partial charge in [0, 0.05) is 35.5 Å². The van der Waals surface area contributed by atoms with Crippen molar-refractivity contribution in [3.05, 3.63) is 60.4 Å². The van der Waals surface area contributed by atoms with Crippen molar-refractivity contribution in [1.82, 2.24) is 9.97 Å². The number of hydrogen-bond donors (Lipinski definition) is 1. The fourth-order valence-corrected chi connectivity index (χ4v) is 3.91. The van der Waals surface area contributed by atoms with E-state index in [0.29, 0.717) is 12.1 Å². The quantitative estimate of drug-likeness (QED) is 0.443. The van der Waals surface area contributed by atoms with Gasteiger partial charge in [-0.15, -0.1) is 0 Å². The van der Waals surface area contributed by atoms with Gasteiger partial charge in [-0.05, 0) is 42.3 Å². The molecule has 8 heteroatoms. The van der Waals surface area contributed by atoms with Crippen molar-refractivity contribution in [1.29, 1.82) is 0 Å². The maximum Gasteiger partial charge on any atom is 0.186 e. The van der Waals surface area contributed by atoms with Gasteiger partial charge >= 0.3 is 0 Å². The normalized spacial score (nSPS) is 10.8. The van der Waals surface area contributed by atoms with E-state index in [9.17, 15) is 14.7 Å². The third kappa shape index (κ3) is 5.31. The first kappa shape index (κ1) is 20.3. The molecule has 0 spiro atoms. The summed E-state index contributed by atoms with van der Waals surface area (Å²) in [6.07, 6.45) is 3.30. The molecule has 0 saturated heterocycles. The van der Waals surface area contributed by atoms with Crippen LogP contribution in [0.5, 0.6) is 0 Å². The maximum atomic E-state index is 12.1. The molecule has 0 aliphatic carbocycles. The molecule has 1 aromatic heterocycles. The Kier molecular flexibility index (Phi) is 7.02. The van der Waals surface area contributed by atoms with Crippen molar-refractivity contribution < 1.29 is 14.7 Å². The van der Waals surface area contributed by atoms with Crippen LogP contribution in [0.3, 0.4) is 0 Å². The average Bonchev–Trinajstić information content (AvgIpc) is 2.72. The largest absolute Gasteiger partial charge is 0.394 e. The van der Waals surface area contributed by atoms with Gasteiger partial charge in [0.1, 0.15) is 0 Å². The number of carbonyl (C=O) groups is 2. The molecule has 3 rings (SSSR count). The van der Waals surface area contributed by atoms with E-state index in [1.165, 1.54) is 18.9 Å². The molecule has 0 unspecified atom stereocenters. The van der Waals surface area contributed by atoms with Crippen molar-refractivity contribution >= 4 is 51.3 Å². The summed E-state index contributed by atoms with van der Waals surface area (Å²) in [5, 5.41) is 9.38. The summed E-state index contributed by atoms with van der Waals surface area (Å²) in [5.74, 6) is 0.0772. The van der Waals surface area contributed by atoms with Crippen LogP contribution in [-0.2, 0) is 4.79 Å². The van der Waals surface area contributed by atoms with E-state index in [0.717, 1.165) is 33.4 Å². The average molecular weight is 414 g/mol. The Labute approximate surface area is 171 Å². The summed E-state index contributed by atoms with van der Waals surface area (Å²) in [6, 6.07) is 13.0. The lowest BCUT2D eigenvalue weighted by molar-refractivity contribution is -0.109. The lowest BCUT2D eigenvalue weighted by Gasteiger charge is -2.22. The van der Waals surface area contributed by atoms with Crippen LogP contribution >= 0.6 is 23.7 Å². The highest BCUT2D eigenvalue weighted by Gasteiger charge is 2.12. The standard InChI is InChI=1S/C20H19N3O3S2/c1-14(25)27-13-20(26)15-2-5-17(6-3-15)28-23(10-11-24)16-4-7-18-19(12-16)22-9-8-21-18/h2-9,12,24H,10-11,13H2,1H3. The fourth-order valence-electron chi connectivity index (χ4n) is 2.50. The Hall–Kier alpha value is -2.42. The molecular weight excluding hydrogens is 394 g/mol. The molecule has 0 atom stereocenters. The number of nitrogens with zero attached hydrogens (tertiary/aromatic N) is 3. The minimum atomic E-state index is -0.0722. The van der Waals surface area contributed by atoms with Crippen molar-refractivity contribution in [3.8, 4) is 0 Å². The number of fused-ring (bicyclic) bond motifs is 1. The zero-order chi connectivity index (χ0) is 19.9. The van der Waals surface area contributed by atoms with E-state index >= 15 is 0 Å². The lowest BCUT2D eigenvalue weighted by atomic mass is 10.1. The van der Waals surface area contributed by atoms with Gasteiger partial charge in [0.05, 0.1) is 29.9 Å². The molecule has 0 amide bonds. The van der Waals surface area contributed by atoms with Gasteiger partial charge in [-0.25, -0.2) is 0 Å². The first-order chi connectivity index (χ1) is 13.6. The zero-order valence-corrected chi connectivity index (χ0v) is 16.9. The SMILES string of the molecule is CC(=O)SCC(=O)c1ccc(SN(CCO)c2ccc3nccnc3c2)cc1. The highest BCUT2D eigenvalue weighted by molar-refractivity contribution is 8.14. The van der Waals surface area contributed by atoms with Crippen molar-refractivity contribution in [3.63, 3.8) is 0 Å². The number of carbonyl (C=O) groups excluding carboxylic acids is 2. The Morgan fingerprint density at radius 3 is 2.43 bits per heavy atom. The maximum absolute atomic E-state index is 12.1. The second kappa shape index (κ2) is 9.68. The molecule has 0 radical (unpaired) electrons. The molecular formula is C20H19N3O3S2. The monoisotopic (exact) mass is 413 g/mol. The Morgan fingerprint density at radius 1 is 1.04 bits per heavy atom. The summed E-state index contributed by atoms with van der Waals surface area (Å²) in [4.78, 5) is 32.6. The molecule has 144 valence electrons. The summed E-state index contributed by atoms with van der Waals surface area (Å²) in [7, 11) is 0.